The highest BCUT2D eigenvalue weighted by Crippen LogP contribution is 2.70. The monoisotopic (exact) mass is 356 g/mol. The van der Waals surface area contributed by atoms with Crippen LogP contribution in [0.25, 0.3) is 0 Å². The first-order chi connectivity index (χ1) is 12.0. The van der Waals surface area contributed by atoms with Crippen LogP contribution in [-0.2, 0) is 0 Å². The third-order valence-electron chi connectivity index (χ3n) is 11.5. The van der Waals surface area contributed by atoms with Gasteiger partial charge < -0.3 is 0 Å². The van der Waals surface area contributed by atoms with Gasteiger partial charge >= 0.3 is 0 Å². The Kier molecular flexibility index (Phi) is 4.50. The summed E-state index contributed by atoms with van der Waals surface area (Å²) in [6.07, 6.45) is 6.14. The van der Waals surface area contributed by atoms with Gasteiger partial charge in [-0.05, 0) is 59.2 Å². The summed E-state index contributed by atoms with van der Waals surface area (Å²) in [5.41, 5.74) is 1.26. The molecule has 6 aliphatic carbocycles. The Balaban J connectivity index is 1.61. The number of rotatable bonds is 4. The molecule has 6 fully saturated rings. The molecule has 6 aliphatic rings. The molecule has 0 aromatic rings. The summed E-state index contributed by atoms with van der Waals surface area (Å²) in [5, 5.41) is 0. The van der Waals surface area contributed by atoms with Crippen molar-refractivity contribution in [2.75, 3.05) is 0 Å². The summed E-state index contributed by atoms with van der Waals surface area (Å²) in [5.74, 6) is 9.62. The largest absolute Gasteiger partial charge is 0.150 e. The van der Waals surface area contributed by atoms with Crippen LogP contribution >= 0.6 is 0 Å². The fourth-order valence-corrected chi connectivity index (χ4v) is 8.94. The molecule has 6 rings (SSSR count). The Labute approximate surface area is 164 Å². The molecule has 0 nitrogen and oxygen atoms in total. The van der Waals surface area contributed by atoms with Crippen molar-refractivity contribution in [3.05, 3.63) is 0 Å². The molecule has 9 atom stereocenters. The molecule has 4 bridgehead atoms. The first-order valence-electron chi connectivity index (χ1n) is 12.0. The standard InChI is InChI=1S/C25H45B/c1-14(2)17(5)26(22-12-18-10-20(15(22)3)24(18,6)7)23-13-19-11-21(16(23)4)25(19,8)9/h14-23H,10-13H2,1-9H3/t15-,16-,17?,18+,19+,20-,21-,22-,23-/m0/s1. The van der Waals surface area contributed by atoms with Crippen LogP contribution in [0.15, 0.2) is 0 Å². The molecule has 0 radical (unpaired) electrons. The lowest BCUT2D eigenvalue weighted by Gasteiger charge is -2.67. The van der Waals surface area contributed by atoms with E-state index in [4.69, 9.17) is 0 Å². The Bertz CT molecular complexity index is 504. The number of fused-ring (bicyclic) bond motifs is 4. The Morgan fingerprint density at radius 1 is 0.692 bits per heavy atom. The lowest BCUT2D eigenvalue weighted by atomic mass is 9.17. The highest BCUT2D eigenvalue weighted by Gasteiger charge is 2.62. The predicted octanol–water partition coefficient (Wildman–Crippen LogP) is 7.67. The van der Waals surface area contributed by atoms with Gasteiger partial charge in [-0.25, -0.2) is 0 Å². The maximum Gasteiger partial charge on any atom is 0.150 e. The van der Waals surface area contributed by atoms with Crippen molar-refractivity contribution in [2.24, 2.45) is 52.3 Å². The second-order valence-electron chi connectivity index (χ2n) is 12.9. The zero-order valence-electron chi connectivity index (χ0n) is 19.2. The first-order valence-corrected chi connectivity index (χ1v) is 12.0. The smallest absolute Gasteiger partial charge is 0.0688 e. The molecule has 0 heterocycles. The molecule has 26 heavy (non-hydrogen) atoms. The second kappa shape index (κ2) is 6.03. The van der Waals surface area contributed by atoms with Crippen LogP contribution in [-0.4, -0.2) is 6.71 Å². The van der Waals surface area contributed by atoms with E-state index in [1.807, 2.05) is 0 Å². The number of hydrogen-bond acceptors (Lipinski definition) is 0. The van der Waals surface area contributed by atoms with Gasteiger partial charge in [0.15, 0.2) is 0 Å². The molecule has 0 aliphatic heterocycles. The van der Waals surface area contributed by atoms with Crippen LogP contribution in [0.3, 0.4) is 0 Å². The highest BCUT2D eigenvalue weighted by molar-refractivity contribution is 6.64. The van der Waals surface area contributed by atoms with Crippen molar-refractivity contribution >= 4 is 6.71 Å². The molecule has 148 valence electrons. The summed E-state index contributed by atoms with van der Waals surface area (Å²) in [6.45, 7) is 24.1. The molecule has 0 saturated heterocycles. The van der Waals surface area contributed by atoms with Gasteiger partial charge in [0, 0.05) is 0 Å². The van der Waals surface area contributed by atoms with E-state index in [0.717, 1.165) is 65.6 Å². The minimum Gasteiger partial charge on any atom is -0.0688 e. The predicted molar refractivity (Wildman–Crippen MR) is 116 cm³/mol. The fourth-order valence-electron chi connectivity index (χ4n) is 8.94. The summed E-state index contributed by atoms with van der Waals surface area (Å²) in [7, 11) is 0. The molecule has 0 aromatic carbocycles. The van der Waals surface area contributed by atoms with E-state index in [2.05, 4.69) is 62.3 Å². The van der Waals surface area contributed by atoms with E-state index < -0.39 is 0 Å². The molecule has 0 spiro atoms. The highest BCUT2D eigenvalue weighted by atomic mass is 14.6. The zero-order chi connectivity index (χ0) is 19.2. The van der Waals surface area contributed by atoms with Crippen molar-refractivity contribution in [3.8, 4) is 0 Å². The maximum atomic E-state index is 2.64. The molecular formula is C25H45B. The summed E-state index contributed by atoms with van der Waals surface area (Å²) >= 11 is 0. The third kappa shape index (κ3) is 2.47. The minimum atomic E-state index is 0.629. The lowest BCUT2D eigenvalue weighted by Crippen LogP contribution is -2.60. The molecule has 0 aromatic heterocycles. The Hall–Kier alpha value is 0.0649. The van der Waals surface area contributed by atoms with Gasteiger partial charge in [-0.15, -0.1) is 0 Å². The molecule has 1 heteroatoms. The zero-order valence-corrected chi connectivity index (χ0v) is 19.2. The third-order valence-corrected chi connectivity index (χ3v) is 11.5. The van der Waals surface area contributed by atoms with E-state index in [1.54, 1.807) is 0 Å². The lowest BCUT2D eigenvalue weighted by molar-refractivity contribution is -0.108. The molecule has 1 unspecified atom stereocenters. The van der Waals surface area contributed by atoms with Gasteiger partial charge in [-0.1, -0.05) is 98.5 Å². The second-order valence-corrected chi connectivity index (χ2v) is 12.9. The van der Waals surface area contributed by atoms with E-state index in [-0.39, 0.29) is 0 Å². The minimum absolute atomic E-state index is 0.629. The van der Waals surface area contributed by atoms with Crippen LogP contribution in [0.2, 0.25) is 17.5 Å². The van der Waals surface area contributed by atoms with Gasteiger partial charge in [0.1, 0.15) is 6.71 Å². The van der Waals surface area contributed by atoms with Crippen LogP contribution in [0, 0.1) is 52.3 Å². The topological polar surface area (TPSA) is 0 Å². The van der Waals surface area contributed by atoms with E-state index in [0.29, 0.717) is 10.8 Å². The van der Waals surface area contributed by atoms with Gasteiger partial charge in [-0.3, -0.25) is 0 Å². The Morgan fingerprint density at radius 3 is 1.35 bits per heavy atom. The van der Waals surface area contributed by atoms with E-state index in [9.17, 15) is 0 Å². The van der Waals surface area contributed by atoms with Crippen molar-refractivity contribution in [2.45, 2.75) is 105 Å². The molecule has 0 amide bonds. The van der Waals surface area contributed by atoms with Gasteiger partial charge in [-0.2, -0.15) is 0 Å². The molecular weight excluding hydrogens is 311 g/mol. The van der Waals surface area contributed by atoms with Gasteiger partial charge in [0.05, 0.1) is 0 Å². The number of hydrogen-bond donors (Lipinski definition) is 0. The fraction of sp³-hybridized carbons (Fsp3) is 1.00. The van der Waals surface area contributed by atoms with Gasteiger partial charge in [0.25, 0.3) is 0 Å². The summed E-state index contributed by atoms with van der Waals surface area (Å²) in [6, 6.07) is 0. The maximum absolute atomic E-state index is 2.64. The summed E-state index contributed by atoms with van der Waals surface area (Å²) in [4.78, 5) is 0. The van der Waals surface area contributed by atoms with Crippen LogP contribution in [0.4, 0.5) is 0 Å². The summed E-state index contributed by atoms with van der Waals surface area (Å²) < 4.78 is 0. The average molecular weight is 356 g/mol. The SMILES string of the molecule is CC(C)C(C)B([C@H]1C[C@H]2C[C@@H]([C@@H]1C)C2(C)C)[C@H]1C[C@H]2C[C@@H]([C@@H]1C)C2(C)C. The Morgan fingerprint density at radius 2 is 1.08 bits per heavy atom. The van der Waals surface area contributed by atoms with E-state index >= 15 is 0 Å². The first kappa shape index (κ1) is 19.4. The quantitative estimate of drug-likeness (QED) is 0.453. The van der Waals surface area contributed by atoms with Crippen molar-refractivity contribution in [3.63, 3.8) is 0 Å². The van der Waals surface area contributed by atoms with Crippen molar-refractivity contribution in [1.82, 2.24) is 0 Å². The van der Waals surface area contributed by atoms with Crippen molar-refractivity contribution < 1.29 is 0 Å². The van der Waals surface area contributed by atoms with Crippen molar-refractivity contribution in [1.29, 1.82) is 0 Å². The van der Waals surface area contributed by atoms with Crippen LogP contribution in [0.5, 0.6) is 0 Å². The normalized spacial score (nSPS) is 49.2. The average Bonchev–Trinajstić information content (AvgIpc) is 2.56. The van der Waals surface area contributed by atoms with Crippen LogP contribution < -0.4 is 0 Å². The van der Waals surface area contributed by atoms with E-state index in [1.165, 1.54) is 25.7 Å². The molecule has 0 N–H and O–H groups in total. The van der Waals surface area contributed by atoms with Gasteiger partial charge in [0.2, 0.25) is 0 Å². The molecule has 6 saturated carbocycles. The van der Waals surface area contributed by atoms with Crippen LogP contribution in [0.1, 0.15) is 88.0 Å².